The molecule has 1 aliphatic rings. The fraction of sp³-hybridized carbons (Fsp3) is 0.474. The lowest BCUT2D eigenvalue weighted by atomic mass is 10.2. The van der Waals surface area contributed by atoms with Crippen LogP contribution in [0.2, 0.25) is 0 Å². The number of anilines is 1. The highest BCUT2D eigenvalue weighted by Gasteiger charge is 2.35. The summed E-state index contributed by atoms with van der Waals surface area (Å²) in [5, 5.41) is 15.9. The number of aromatic nitrogens is 5. The van der Waals surface area contributed by atoms with E-state index in [2.05, 4.69) is 15.0 Å². The van der Waals surface area contributed by atoms with E-state index < -0.39 is 6.10 Å². The van der Waals surface area contributed by atoms with Gasteiger partial charge in [-0.1, -0.05) is 6.07 Å². The zero-order valence-corrected chi connectivity index (χ0v) is 16.0. The fourth-order valence-electron chi connectivity index (χ4n) is 3.57. The highest BCUT2D eigenvalue weighted by molar-refractivity contribution is 5.91. The topological polar surface area (TPSA) is 89.2 Å². The Bertz CT molecular complexity index is 956. The van der Waals surface area contributed by atoms with Crippen LogP contribution in [0.15, 0.2) is 24.4 Å². The van der Waals surface area contributed by atoms with Crippen LogP contribution in [0.5, 0.6) is 0 Å². The minimum Gasteiger partial charge on any atom is -0.388 e. The minimum absolute atomic E-state index is 0.0548. The molecule has 3 aromatic rings. The van der Waals surface area contributed by atoms with Crippen LogP contribution in [-0.4, -0.2) is 61.2 Å². The van der Waals surface area contributed by atoms with Gasteiger partial charge in [0, 0.05) is 26.3 Å². The molecule has 1 fully saturated rings. The minimum atomic E-state index is -0.562. The number of aryl methyl sites for hydroxylation is 2. The van der Waals surface area contributed by atoms with Gasteiger partial charge in [-0.05, 0) is 32.9 Å². The summed E-state index contributed by atoms with van der Waals surface area (Å²) in [4.78, 5) is 15.9. The van der Waals surface area contributed by atoms with E-state index in [1.54, 1.807) is 10.9 Å². The Hall–Kier alpha value is -2.58. The van der Waals surface area contributed by atoms with Gasteiger partial charge in [0.25, 0.3) is 0 Å². The molecule has 0 radical (unpaired) electrons. The van der Waals surface area contributed by atoms with Crippen LogP contribution < -0.4 is 4.90 Å². The molecule has 2 unspecified atom stereocenters. The summed E-state index contributed by atoms with van der Waals surface area (Å²) >= 11 is 0. The maximum Gasteiger partial charge on any atom is 0.182 e. The van der Waals surface area contributed by atoms with Gasteiger partial charge in [-0.3, -0.25) is 9.67 Å². The van der Waals surface area contributed by atoms with Crippen LogP contribution in [0.1, 0.15) is 19.5 Å². The largest absolute Gasteiger partial charge is 0.388 e. The van der Waals surface area contributed by atoms with Gasteiger partial charge in [-0.2, -0.15) is 5.10 Å². The molecule has 0 saturated carbocycles. The second-order valence-electron chi connectivity index (χ2n) is 7.19. The van der Waals surface area contributed by atoms with Gasteiger partial charge >= 0.3 is 0 Å². The second-order valence-corrected chi connectivity index (χ2v) is 7.19. The van der Waals surface area contributed by atoms with Gasteiger partial charge in [0.15, 0.2) is 11.5 Å². The lowest BCUT2D eigenvalue weighted by Crippen LogP contribution is -2.29. The van der Waals surface area contributed by atoms with E-state index in [1.165, 1.54) is 0 Å². The number of pyridine rings is 1. The third-order valence-corrected chi connectivity index (χ3v) is 4.72. The van der Waals surface area contributed by atoms with Crippen LogP contribution in [0.25, 0.3) is 22.6 Å². The van der Waals surface area contributed by atoms with E-state index in [-0.39, 0.29) is 12.2 Å². The number of hydrogen-bond acceptors (Lipinski definition) is 7. The van der Waals surface area contributed by atoms with Crippen molar-refractivity contribution in [3.05, 3.63) is 30.1 Å². The standard InChI is InChI=1S/C19H24N6O2/c1-11(2)27-15-10-25(9-14(15)26)19-16-12(3)23-24(4)18(16)21-17(22-19)13-7-5-6-8-20-13/h5-8,11,14-15,26H,9-10H2,1-4H3. The van der Waals surface area contributed by atoms with Crippen molar-refractivity contribution in [2.75, 3.05) is 18.0 Å². The Morgan fingerprint density at radius 2 is 2.04 bits per heavy atom. The summed E-state index contributed by atoms with van der Waals surface area (Å²) in [5.74, 6) is 1.31. The van der Waals surface area contributed by atoms with Crippen molar-refractivity contribution < 1.29 is 9.84 Å². The Balaban J connectivity index is 1.82. The first kappa shape index (κ1) is 17.8. The third-order valence-electron chi connectivity index (χ3n) is 4.72. The van der Waals surface area contributed by atoms with Crippen LogP contribution in [-0.2, 0) is 11.8 Å². The molecule has 1 saturated heterocycles. The van der Waals surface area contributed by atoms with Crippen LogP contribution in [0.3, 0.4) is 0 Å². The van der Waals surface area contributed by atoms with Crippen molar-refractivity contribution in [2.24, 2.45) is 7.05 Å². The fourth-order valence-corrected chi connectivity index (χ4v) is 3.57. The molecule has 0 amide bonds. The molecule has 0 aliphatic carbocycles. The van der Waals surface area contributed by atoms with Crippen molar-refractivity contribution in [2.45, 2.75) is 39.1 Å². The Kier molecular flexibility index (Phi) is 4.53. The van der Waals surface area contributed by atoms with E-state index in [9.17, 15) is 5.11 Å². The molecule has 0 bridgehead atoms. The van der Waals surface area contributed by atoms with Crippen molar-refractivity contribution >= 4 is 16.9 Å². The lowest BCUT2D eigenvalue weighted by Gasteiger charge is -2.20. The maximum atomic E-state index is 10.5. The number of rotatable bonds is 4. The van der Waals surface area contributed by atoms with E-state index in [1.807, 2.05) is 46.0 Å². The SMILES string of the molecule is Cc1nn(C)c2nc(-c3ccccn3)nc(N3CC(O)C(OC(C)C)C3)c12. The quantitative estimate of drug-likeness (QED) is 0.750. The number of β-amino-alcohol motifs (C(OH)–C–C–N with tert-alkyl or cyclic N) is 1. The molecule has 27 heavy (non-hydrogen) atoms. The predicted octanol–water partition coefficient (Wildman–Crippen LogP) is 1.71. The predicted molar refractivity (Wildman–Crippen MR) is 103 cm³/mol. The van der Waals surface area contributed by atoms with Gasteiger partial charge in [-0.15, -0.1) is 0 Å². The van der Waals surface area contributed by atoms with Gasteiger partial charge in [0.2, 0.25) is 0 Å². The van der Waals surface area contributed by atoms with Crippen molar-refractivity contribution in [3.63, 3.8) is 0 Å². The summed E-state index contributed by atoms with van der Waals surface area (Å²) in [6.07, 6.45) is 0.973. The third kappa shape index (κ3) is 3.26. The number of hydrogen-bond donors (Lipinski definition) is 1. The van der Waals surface area contributed by atoms with Crippen LogP contribution in [0, 0.1) is 6.92 Å². The summed E-state index contributed by atoms with van der Waals surface area (Å²) in [5.41, 5.74) is 2.31. The molecule has 0 spiro atoms. The molecule has 2 atom stereocenters. The number of aliphatic hydroxyl groups is 1. The Labute approximate surface area is 157 Å². The molecule has 142 valence electrons. The smallest absolute Gasteiger partial charge is 0.182 e. The number of nitrogens with zero attached hydrogens (tertiary/aromatic N) is 6. The highest BCUT2D eigenvalue weighted by Crippen LogP contribution is 2.32. The first-order valence-electron chi connectivity index (χ1n) is 9.15. The van der Waals surface area contributed by atoms with Crippen LogP contribution in [0.4, 0.5) is 5.82 Å². The molecule has 1 aliphatic heterocycles. The lowest BCUT2D eigenvalue weighted by molar-refractivity contribution is -0.0386. The van der Waals surface area contributed by atoms with Gasteiger partial charge in [-0.25, -0.2) is 9.97 Å². The first-order valence-corrected chi connectivity index (χ1v) is 9.15. The molecule has 0 aromatic carbocycles. The van der Waals surface area contributed by atoms with Gasteiger partial charge < -0.3 is 14.7 Å². The van der Waals surface area contributed by atoms with Gasteiger partial charge in [0.1, 0.15) is 17.6 Å². The van der Waals surface area contributed by atoms with Crippen molar-refractivity contribution in [1.29, 1.82) is 0 Å². The summed E-state index contributed by atoms with van der Waals surface area (Å²) in [6.45, 7) is 6.93. The molecule has 3 aromatic heterocycles. The van der Waals surface area contributed by atoms with E-state index >= 15 is 0 Å². The molecular weight excluding hydrogens is 344 g/mol. The average molecular weight is 368 g/mol. The molecule has 4 heterocycles. The van der Waals surface area contributed by atoms with Crippen LogP contribution >= 0.6 is 0 Å². The van der Waals surface area contributed by atoms with E-state index in [0.29, 0.717) is 24.6 Å². The zero-order chi connectivity index (χ0) is 19.1. The number of fused-ring (bicyclic) bond motifs is 1. The maximum absolute atomic E-state index is 10.5. The van der Waals surface area contributed by atoms with Crippen molar-refractivity contribution in [1.82, 2.24) is 24.7 Å². The molecule has 8 heteroatoms. The normalized spacial score (nSPS) is 20.1. The highest BCUT2D eigenvalue weighted by atomic mass is 16.5. The van der Waals surface area contributed by atoms with E-state index in [0.717, 1.165) is 22.5 Å². The molecule has 8 nitrogen and oxygen atoms in total. The number of ether oxygens (including phenoxy) is 1. The van der Waals surface area contributed by atoms with Gasteiger partial charge in [0.05, 0.1) is 23.3 Å². The number of aliphatic hydroxyl groups excluding tert-OH is 1. The molecule has 1 N–H and O–H groups in total. The average Bonchev–Trinajstić information content (AvgIpc) is 3.14. The Morgan fingerprint density at radius 3 is 2.74 bits per heavy atom. The summed E-state index contributed by atoms with van der Waals surface area (Å²) in [7, 11) is 1.87. The Morgan fingerprint density at radius 1 is 1.22 bits per heavy atom. The molecule has 4 rings (SSSR count). The monoisotopic (exact) mass is 368 g/mol. The first-order chi connectivity index (χ1) is 12.9. The molecular formula is C19H24N6O2. The second kappa shape index (κ2) is 6.86. The zero-order valence-electron chi connectivity index (χ0n) is 16.0. The van der Waals surface area contributed by atoms with E-state index in [4.69, 9.17) is 14.7 Å². The summed E-state index contributed by atoms with van der Waals surface area (Å²) in [6, 6.07) is 5.66. The van der Waals surface area contributed by atoms with Crippen molar-refractivity contribution in [3.8, 4) is 11.5 Å². The summed E-state index contributed by atoms with van der Waals surface area (Å²) < 4.78 is 7.63.